The van der Waals surface area contributed by atoms with Gasteiger partial charge in [-0.2, -0.15) is 0 Å². The summed E-state index contributed by atoms with van der Waals surface area (Å²) in [6, 6.07) is 92.0. The lowest BCUT2D eigenvalue weighted by Gasteiger charge is -2.27. The number of benzene rings is 11. The fourth-order valence-electron chi connectivity index (χ4n) is 10.2. The fourth-order valence-corrected chi connectivity index (χ4v) is 10.2. The lowest BCUT2D eigenvalue weighted by molar-refractivity contribution is 0.669. The molecule has 0 bridgehead atoms. The SMILES string of the molecule is c1cc(-c2ccc(N(c3cccc(-c4ccc5c(c4)oc4ccccc45)c3)c3cccc(-c4cccc5ccccc45)c3)cc2)cc(-c2ccc(-n3c4ccccc4c4ccccc43)cc2)c1. The quantitative estimate of drug-likeness (QED) is 0.152. The van der Waals surface area contributed by atoms with Crippen LogP contribution in [0, 0.1) is 0 Å². The lowest BCUT2D eigenvalue weighted by atomic mass is 9.97. The Morgan fingerprint density at radius 3 is 1.49 bits per heavy atom. The molecule has 0 atom stereocenters. The summed E-state index contributed by atoms with van der Waals surface area (Å²) < 4.78 is 8.70. The molecule has 3 heteroatoms. The molecule has 0 saturated heterocycles. The number of rotatable bonds is 8. The number of aromatic nitrogens is 1. The predicted molar refractivity (Wildman–Crippen MR) is 282 cm³/mol. The van der Waals surface area contributed by atoms with E-state index in [1.54, 1.807) is 0 Å². The first-order valence-corrected chi connectivity index (χ1v) is 22.9. The van der Waals surface area contributed by atoms with Gasteiger partial charge in [0, 0.05) is 44.3 Å². The second kappa shape index (κ2) is 16.0. The summed E-state index contributed by atoms with van der Waals surface area (Å²) in [4.78, 5) is 2.37. The first-order chi connectivity index (χ1) is 33.2. The Hall–Kier alpha value is -8.92. The molecular weight excluding hydrogens is 813 g/mol. The molecule has 3 nitrogen and oxygen atoms in total. The number of fused-ring (bicyclic) bond motifs is 7. The van der Waals surface area contributed by atoms with Gasteiger partial charge in [0.2, 0.25) is 0 Å². The van der Waals surface area contributed by atoms with Crippen molar-refractivity contribution in [2.45, 2.75) is 0 Å². The van der Waals surface area contributed by atoms with E-state index in [4.69, 9.17) is 4.42 Å². The van der Waals surface area contributed by atoms with Crippen molar-refractivity contribution >= 4 is 71.6 Å². The van der Waals surface area contributed by atoms with Gasteiger partial charge in [0.25, 0.3) is 0 Å². The average Bonchev–Trinajstić information content (AvgIpc) is 3.95. The molecule has 67 heavy (non-hydrogen) atoms. The molecular formula is C64H42N2O. The van der Waals surface area contributed by atoms with E-state index in [9.17, 15) is 0 Å². The van der Waals surface area contributed by atoms with Crippen LogP contribution in [-0.2, 0) is 0 Å². The molecule has 0 saturated carbocycles. The van der Waals surface area contributed by atoms with Crippen LogP contribution in [0.5, 0.6) is 0 Å². The molecule has 0 aliphatic heterocycles. The van der Waals surface area contributed by atoms with Crippen molar-refractivity contribution in [3.8, 4) is 50.2 Å². The number of nitrogens with zero attached hydrogens (tertiary/aromatic N) is 2. The minimum absolute atomic E-state index is 0.889. The van der Waals surface area contributed by atoms with Gasteiger partial charge in [-0.25, -0.2) is 0 Å². The lowest BCUT2D eigenvalue weighted by Crippen LogP contribution is -2.10. The summed E-state index contributed by atoms with van der Waals surface area (Å²) in [6.07, 6.45) is 0. The summed E-state index contributed by atoms with van der Waals surface area (Å²) in [5.74, 6) is 0. The van der Waals surface area contributed by atoms with Crippen molar-refractivity contribution in [2.24, 2.45) is 0 Å². The Bertz CT molecular complexity index is 3930. The first kappa shape index (κ1) is 38.5. The van der Waals surface area contributed by atoms with Gasteiger partial charge < -0.3 is 13.9 Å². The van der Waals surface area contributed by atoms with Crippen LogP contribution < -0.4 is 4.90 Å². The van der Waals surface area contributed by atoms with Gasteiger partial charge in [-0.15, -0.1) is 0 Å². The molecule has 0 spiro atoms. The second-order valence-corrected chi connectivity index (χ2v) is 17.3. The molecule has 0 aliphatic carbocycles. The molecule has 0 radical (unpaired) electrons. The largest absolute Gasteiger partial charge is 0.456 e. The van der Waals surface area contributed by atoms with Gasteiger partial charge in [-0.1, -0.05) is 170 Å². The van der Waals surface area contributed by atoms with Gasteiger partial charge in [-0.3, -0.25) is 0 Å². The van der Waals surface area contributed by atoms with Crippen molar-refractivity contribution in [2.75, 3.05) is 4.90 Å². The molecule has 13 aromatic rings. The molecule has 0 fully saturated rings. The zero-order valence-corrected chi connectivity index (χ0v) is 36.6. The zero-order chi connectivity index (χ0) is 44.3. The van der Waals surface area contributed by atoms with Gasteiger partial charge in [0.1, 0.15) is 11.2 Å². The molecule has 13 rings (SSSR count). The minimum atomic E-state index is 0.889. The standard InChI is InChI=1S/C64H42N2O/c1-2-21-55-45(13-1)14-12-25-56(55)50-18-11-20-54(41-50)65(53-19-10-17-48(40-53)49-33-38-60-59-24-5-8-28-63(59)67-64(60)42-49)51-34-29-43(30-35-51)46-15-9-16-47(39-46)44-31-36-52(37-32-44)66-61-26-6-3-22-57(61)58-23-4-7-27-62(58)66/h1-42H. The highest BCUT2D eigenvalue weighted by atomic mass is 16.3. The van der Waals surface area contributed by atoms with Crippen molar-refractivity contribution < 1.29 is 4.42 Å². The van der Waals surface area contributed by atoms with E-state index >= 15 is 0 Å². The Morgan fingerprint density at radius 2 is 0.776 bits per heavy atom. The number of hydrogen-bond donors (Lipinski definition) is 0. The van der Waals surface area contributed by atoms with E-state index in [-0.39, 0.29) is 0 Å². The maximum Gasteiger partial charge on any atom is 0.136 e. The van der Waals surface area contributed by atoms with Crippen LogP contribution in [0.25, 0.3) is 105 Å². The third-order valence-electron chi connectivity index (χ3n) is 13.4. The van der Waals surface area contributed by atoms with Crippen LogP contribution >= 0.6 is 0 Å². The Kier molecular flexibility index (Phi) is 9.17. The summed E-state index contributed by atoms with van der Waals surface area (Å²) in [7, 11) is 0. The van der Waals surface area contributed by atoms with Crippen LogP contribution in [0.3, 0.4) is 0 Å². The Morgan fingerprint density at radius 1 is 0.284 bits per heavy atom. The monoisotopic (exact) mass is 854 g/mol. The van der Waals surface area contributed by atoms with E-state index in [2.05, 4.69) is 252 Å². The van der Waals surface area contributed by atoms with Gasteiger partial charge in [-0.05, 0) is 140 Å². The summed E-state index contributed by atoms with van der Waals surface area (Å²) in [5, 5.41) is 7.26. The van der Waals surface area contributed by atoms with E-state index < -0.39 is 0 Å². The third-order valence-corrected chi connectivity index (χ3v) is 13.4. The maximum atomic E-state index is 6.33. The van der Waals surface area contributed by atoms with Crippen LogP contribution in [0.1, 0.15) is 0 Å². The van der Waals surface area contributed by atoms with Crippen LogP contribution in [0.15, 0.2) is 259 Å². The number of furan rings is 1. The minimum Gasteiger partial charge on any atom is -0.456 e. The van der Waals surface area contributed by atoms with E-state index in [1.165, 1.54) is 60.4 Å². The maximum absolute atomic E-state index is 6.33. The summed E-state index contributed by atoms with van der Waals surface area (Å²) in [5.41, 5.74) is 17.9. The van der Waals surface area contributed by atoms with Crippen LogP contribution in [-0.4, -0.2) is 4.57 Å². The molecule has 0 amide bonds. The smallest absolute Gasteiger partial charge is 0.136 e. The number of anilines is 3. The normalized spacial score (nSPS) is 11.6. The summed E-state index contributed by atoms with van der Waals surface area (Å²) >= 11 is 0. The van der Waals surface area contributed by atoms with Gasteiger partial charge in [0.05, 0.1) is 11.0 Å². The third kappa shape index (κ3) is 6.76. The Balaban J connectivity index is 0.864. The molecule has 11 aromatic carbocycles. The summed E-state index contributed by atoms with van der Waals surface area (Å²) in [6.45, 7) is 0. The van der Waals surface area contributed by atoms with E-state index in [0.29, 0.717) is 0 Å². The fraction of sp³-hybridized carbons (Fsp3) is 0. The highest BCUT2D eigenvalue weighted by Crippen LogP contribution is 2.41. The van der Waals surface area contributed by atoms with Crippen molar-refractivity contribution in [1.82, 2.24) is 4.57 Å². The molecule has 0 aliphatic rings. The van der Waals surface area contributed by atoms with Gasteiger partial charge >= 0.3 is 0 Å². The molecule has 2 aromatic heterocycles. The van der Waals surface area contributed by atoms with Crippen LogP contribution in [0.4, 0.5) is 17.1 Å². The Labute approximate surface area is 388 Å². The topological polar surface area (TPSA) is 21.3 Å². The molecule has 0 unspecified atom stereocenters. The van der Waals surface area contributed by atoms with Crippen molar-refractivity contribution in [1.29, 1.82) is 0 Å². The predicted octanol–water partition coefficient (Wildman–Crippen LogP) is 18.0. The zero-order valence-electron chi connectivity index (χ0n) is 36.6. The second-order valence-electron chi connectivity index (χ2n) is 17.3. The highest BCUT2D eigenvalue weighted by molar-refractivity contribution is 6.09. The van der Waals surface area contributed by atoms with Gasteiger partial charge in [0.15, 0.2) is 0 Å². The highest BCUT2D eigenvalue weighted by Gasteiger charge is 2.17. The van der Waals surface area contributed by atoms with Crippen molar-refractivity contribution in [3.05, 3.63) is 255 Å². The van der Waals surface area contributed by atoms with Crippen LogP contribution in [0.2, 0.25) is 0 Å². The first-order valence-electron chi connectivity index (χ1n) is 22.9. The molecule has 2 heterocycles. The number of hydrogen-bond acceptors (Lipinski definition) is 2. The van der Waals surface area contributed by atoms with E-state index in [1.807, 2.05) is 12.1 Å². The van der Waals surface area contributed by atoms with E-state index in [0.717, 1.165) is 61.4 Å². The molecule has 0 N–H and O–H groups in total. The van der Waals surface area contributed by atoms with Crippen molar-refractivity contribution in [3.63, 3.8) is 0 Å². The average molecular weight is 855 g/mol. The number of para-hydroxylation sites is 3. The molecule has 314 valence electrons.